The molecule has 66 valence electrons. The van der Waals surface area contributed by atoms with Crippen LogP contribution in [0.4, 0.5) is 0 Å². The topological polar surface area (TPSA) is 32.3 Å². The van der Waals surface area contributed by atoms with Crippen molar-refractivity contribution in [2.75, 3.05) is 13.1 Å². The van der Waals surface area contributed by atoms with Gasteiger partial charge in [0.25, 0.3) is 0 Å². The Balaban J connectivity index is 2.29. The van der Waals surface area contributed by atoms with Gasteiger partial charge in [-0.1, -0.05) is 13.8 Å². The van der Waals surface area contributed by atoms with Gasteiger partial charge in [-0.25, -0.2) is 0 Å². The molecule has 2 nitrogen and oxygen atoms in total. The highest BCUT2D eigenvalue weighted by molar-refractivity contribution is 4.77. The summed E-state index contributed by atoms with van der Waals surface area (Å²) in [5.74, 6) is 1.25. The quantitative estimate of drug-likeness (QED) is 0.627. The minimum atomic E-state index is -0.105. The Kier molecular flexibility index (Phi) is 3.34. The molecule has 1 aliphatic heterocycles. The fourth-order valence-electron chi connectivity index (χ4n) is 1.78. The van der Waals surface area contributed by atoms with Crippen molar-refractivity contribution < 1.29 is 5.11 Å². The molecule has 0 aromatic rings. The van der Waals surface area contributed by atoms with Gasteiger partial charge < -0.3 is 10.4 Å². The van der Waals surface area contributed by atoms with E-state index in [0.29, 0.717) is 11.8 Å². The van der Waals surface area contributed by atoms with E-state index in [1.165, 1.54) is 6.42 Å². The van der Waals surface area contributed by atoms with Gasteiger partial charge in [0, 0.05) is 6.54 Å². The second kappa shape index (κ2) is 4.07. The highest BCUT2D eigenvalue weighted by atomic mass is 16.3. The summed E-state index contributed by atoms with van der Waals surface area (Å²) in [6.45, 7) is 6.30. The maximum absolute atomic E-state index is 9.56. The molecule has 0 saturated carbocycles. The van der Waals surface area contributed by atoms with Crippen LogP contribution in [0.1, 0.15) is 26.7 Å². The van der Waals surface area contributed by atoms with Crippen LogP contribution < -0.4 is 5.32 Å². The van der Waals surface area contributed by atoms with Crippen molar-refractivity contribution >= 4 is 0 Å². The summed E-state index contributed by atoms with van der Waals surface area (Å²) < 4.78 is 0. The molecule has 1 heterocycles. The molecule has 1 aliphatic rings. The molecule has 2 unspecified atom stereocenters. The third-order valence-corrected chi connectivity index (χ3v) is 2.36. The zero-order valence-corrected chi connectivity index (χ0v) is 7.51. The molecule has 0 aromatic heterocycles. The monoisotopic (exact) mass is 157 g/mol. The third-order valence-electron chi connectivity index (χ3n) is 2.36. The molecular weight excluding hydrogens is 138 g/mol. The van der Waals surface area contributed by atoms with E-state index in [-0.39, 0.29) is 6.10 Å². The minimum absolute atomic E-state index is 0.105. The van der Waals surface area contributed by atoms with E-state index in [2.05, 4.69) is 19.2 Å². The summed E-state index contributed by atoms with van der Waals surface area (Å²) in [6, 6.07) is 0. The third kappa shape index (κ3) is 2.80. The van der Waals surface area contributed by atoms with Gasteiger partial charge in [-0.05, 0) is 31.2 Å². The standard InChI is InChI=1S/C9H19NO/c1-7(2)5-8-3-4-10-6-9(8)11/h7-11H,3-6H2,1-2H3. The van der Waals surface area contributed by atoms with Crippen LogP contribution in [0.2, 0.25) is 0 Å². The number of aliphatic hydroxyl groups excluding tert-OH is 1. The van der Waals surface area contributed by atoms with Crippen molar-refractivity contribution in [3.63, 3.8) is 0 Å². The molecule has 0 amide bonds. The Morgan fingerprint density at radius 1 is 1.55 bits per heavy atom. The second-order valence-corrected chi connectivity index (χ2v) is 3.95. The molecule has 1 rings (SSSR count). The lowest BCUT2D eigenvalue weighted by Crippen LogP contribution is -2.40. The fourth-order valence-corrected chi connectivity index (χ4v) is 1.78. The number of aliphatic hydroxyl groups is 1. The Morgan fingerprint density at radius 3 is 2.82 bits per heavy atom. The molecule has 0 radical (unpaired) electrons. The minimum Gasteiger partial charge on any atom is -0.392 e. The van der Waals surface area contributed by atoms with E-state index >= 15 is 0 Å². The lowest BCUT2D eigenvalue weighted by Gasteiger charge is -2.29. The van der Waals surface area contributed by atoms with Crippen molar-refractivity contribution in [2.24, 2.45) is 11.8 Å². The average molecular weight is 157 g/mol. The van der Waals surface area contributed by atoms with E-state index in [4.69, 9.17) is 0 Å². The van der Waals surface area contributed by atoms with Crippen molar-refractivity contribution in [2.45, 2.75) is 32.8 Å². The number of rotatable bonds is 2. The van der Waals surface area contributed by atoms with Crippen LogP contribution in [0, 0.1) is 11.8 Å². The van der Waals surface area contributed by atoms with Crippen molar-refractivity contribution in [3.8, 4) is 0 Å². The molecule has 1 fully saturated rings. The molecule has 2 atom stereocenters. The van der Waals surface area contributed by atoms with E-state index in [0.717, 1.165) is 19.5 Å². The first kappa shape index (κ1) is 9.01. The summed E-state index contributed by atoms with van der Waals surface area (Å²) in [7, 11) is 0. The van der Waals surface area contributed by atoms with Crippen LogP contribution in [0.3, 0.4) is 0 Å². The van der Waals surface area contributed by atoms with Crippen LogP contribution in [0.5, 0.6) is 0 Å². The van der Waals surface area contributed by atoms with Gasteiger partial charge in [0.15, 0.2) is 0 Å². The lowest BCUT2D eigenvalue weighted by molar-refractivity contribution is 0.0702. The molecule has 1 saturated heterocycles. The maximum atomic E-state index is 9.56. The SMILES string of the molecule is CC(C)CC1CCNCC1O. The smallest absolute Gasteiger partial charge is 0.0693 e. The summed E-state index contributed by atoms with van der Waals surface area (Å²) >= 11 is 0. The Labute approximate surface area is 69.0 Å². The first-order valence-corrected chi connectivity index (χ1v) is 4.59. The molecule has 0 bridgehead atoms. The first-order chi connectivity index (χ1) is 5.20. The maximum Gasteiger partial charge on any atom is 0.0693 e. The predicted molar refractivity (Wildman–Crippen MR) is 46.4 cm³/mol. The van der Waals surface area contributed by atoms with Crippen molar-refractivity contribution in [1.82, 2.24) is 5.32 Å². The molecule has 2 heteroatoms. The second-order valence-electron chi connectivity index (χ2n) is 3.95. The van der Waals surface area contributed by atoms with Gasteiger partial charge >= 0.3 is 0 Å². The summed E-state index contributed by atoms with van der Waals surface area (Å²) in [5, 5.41) is 12.7. The predicted octanol–water partition coefficient (Wildman–Crippen LogP) is 1.00. The summed E-state index contributed by atoms with van der Waals surface area (Å²) in [6.07, 6.45) is 2.20. The molecule has 2 N–H and O–H groups in total. The van der Waals surface area contributed by atoms with E-state index < -0.39 is 0 Å². The number of hydrogen-bond donors (Lipinski definition) is 2. The Bertz CT molecular complexity index is 114. The van der Waals surface area contributed by atoms with E-state index in [9.17, 15) is 5.11 Å². The van der Waals surface area contributed by atoms with Crippen LogP contribution in [-0.2, 0) is 0 Å². The Hall–Kier alpha value is -0.0800. The normalized spacial score (nSPS) is 32.7. The Morgan fingerprint density at radius 2 is 2.27 bits per heavy atom. The van der Waals surface area contributed by atoms with Gasteiger partial charge in [-0.3, -0.25) is 0 Å². The number of piperidine rings is 1. The molecular formula is C9H19NO. The van der Waals surface area contributed by atoms with Gasteiger partial charge in [-0.2, -0.15) is 0 Å². The zero-order chi connectivity index (χ0) is 8.27. The zero-order valence-electron chi connectivity index (χ0n) is 7.51. The van der Waals surface area contributed by atoms with Gasteiger partial charge in [0.05, 0.1) is 6.10 Å². The number of β-amino-alcohol motifs (C(OH)–C–C–N with tert-alkyl or cyclic N) is 1. The van der Waals surface area contributed by atoms with Crippen molar-refractivity contribution in [3.05, 3.63) is 0 Å². The number of hydrogen-bond acceptors (Lipinski definition) is 2. The summed E-state index contributed by atoms with van der Waals surface area (Å²) in [4.78, 5) is 0. The van der Waals surface area contributed by atoms with Gasteiger partial charge in [-0.15, -0.1) is 0 Å². The lowest BCUT2D eigenvalue weighted by atomic mass is 9.87. The first-order valence-electron chi connectivity index (χ1n) is 4.59. The highest BCUT2D eigenvalue weighted by Crippen LogP contribution is 2.20. The van der Waals surface area contributed by atoms with Crippen LogP contribution in [-0.4, -0.2) is 24.3 Å². The van der Waals surface area contributed by atoms with Crippen LogP contribution in [0.15, 0.2) is 0 Å². The van der Waals surface area contributed by atoms with E-state index in [1.54, 1.807) is 0 Å². The van der Waals surface area contributed by atoms with Gasteiger partial charge in [0.2, 0.25) is 0 Å². The van der Waals surface area contributed by atoms with E-state index in [1.807, 2.05) is 0 Å². The molecule has 0 aliphatic carbocycles. The molecule has 11 heavy (non-hydrogen) atoms. The van der Waals surface area contributed by atoms with Crippen LogP contribution in [0.25, 0.3) is 0 Å². The fraction of sp³-hybridized carbons (Fsp3) is 1.00. The molecule has 0 spiro atoms. The summed E-state index contributed by atoms with van der Waals surface area (Å²) in [5.41, 5.74) is 0. The number of nitrogens with one attached hydrogen (secondary N) is 1. The largest absolute Gasteiger partial charge is 0.392 e. The van der Waals surface area contributed by atoms with Gasteiger partial charge in [0.1, 0.15) is 0 Å². The van der Waals surface area contributed by atoms with Crippen LogP contribution >= 0.6 is 0 Å². The van der Waals surface area contributed by atoms with Crippen molar-refractivity contribution in [1.29, 1.82) is 0 Å². The molecule has 0 aromatic carbocycles. The average Bonchev–Trinajstić information content (AvgIpc) is 1.93. The highest BCUT2D eigenvalue weighted by Gasteiger charge is 2.22.